The van der Waals surface area contributed by atoms with Crippen LogP contribution in [0.4, 0.5) is 0 Å². The fourth-order valence-corrected chi connectivity index (χ4v) is 2.71. The number of aldehydes is 1. The normalized spacial score (nSPS) is 10.7. The van der Waals surface area contributed by atoms with E-state index in [9.17, 15) is 19.5 Å². The number of carbonyl (C=O) groups is 2. The molecular formula is C19H15NO4. The van der Waals surface area contributed by atoms with Gasteiger partial charge in [-0.25, -0.2) is 4.79 Å². The molecule has 24 heavy (non-hydrogen) atoms. The number of para-hydroxylation sites is 1. The maximum Gasteiger partial charge on any atom is 0.341 e. The van der Waals surface area contributed by atoms with Gasteiger partial charge in [-0.3, -0.25) is 9.59 Å². The Morgan fingerprint density at radius 3 is 2.46 bits per heavy atom. The first kappa shape index (κ1) is 15.7. The van der Waals surface area contributed by atoms with E-state index in [4.69, 9.17) is 0 Å². The van der Waals surface area contributed by atoms with Crippen molar-refractivity contribution in [3.63, 3.8) is 0 Å². The summed E-state index contributed by atoms with van der Waals surface area (Å²) in [6, 6.07) is 15.7. The summed E-state index contributed by atoms with van der Waals surface area (Å²) in [5.74, 6) is -1.23. The van der Waals surface area contributed by atoms with Gasteiger partial charge in [-0.15, -0.1) is 0 Å². The Morgan fingerprint density at radius 1 is 1.08 bits per heavy atom. The molecular weight excluding hydrogens is 306 g/mol. The van der Waals surface area contributed by atoms with Gasteiger partial charge in [0.15, 0.2) is 0 Å². The average molecular weight is 321 g/mol. The number of rotatable bonds is 5. The maximum atomic E-state index is 12.5. The first-order valence-electron chi connectivity index (χ1n) is 7.50. The van der Waals surface area contributed by atoms with E-state index in [0.29, 0.717) is 29.4 Å². The van der Waals surface area contributed by atoms with E-state index in [1.165, 1.54) is 10.6 Å². The van der Waals surface area contributed by atoms with Gasteiger partial charge in [0.1, 0.15) is 11.8 Å². The van der Waals surface area contributed by atoms with Crippen LogP contribution in [-0.4, -0.2) is 21.9 Å². The highest BCUT2D eigenvalue weighted by atomic mass is 16.4. The molecule has 120 valence electrons. The van der Waals surface area contributed by atoms with Gasteiger partial charge >= 0.3 is 5.97 Å². The van der Waals surface area contributed by atoms with Crippen molar-refractivity contribution >= 4 is 23.2 Å². The number of carboxylic acid groups (broad SMARTS) is 1. The molecule has 0 amide bonds. The fourth-order valence-electron chi connectivity index (χ4n) is 2.71. The molecule has 3 rings (SSSR count). The molecule has 0 radical (unpaired) electrons. The molecule has 0 saturated carbocycles. The highest BCUT2D eigenvalue weighted by Crippen LogP contribution is 2.14. The zero-order valence-electron chi connectivity index (χ0n) is 12.8. The molecule has 0 unspecified atom stereocenters. The highest BCUT2D eigenvalue weighted by Gasteiger charge is 2.14. The number of nitrogens with zero attached hydrogens (tertiary/aromatic N) is 1. The Balaban J connectivity index is 2.00. The first-order valence-corrected chi connectivity index (χ1v) is 7.50. The second kappa shape index (κ2) is 6.50. The van der Waals surface area contributed by atoms with Gasteiger partial charge in [0.05, 0.1) is 5.52 Å². The summed E-state index contributed by atoms with van der Waals surface area (Å²) in [4.78, 5) is 34.5. The third-order valence-electron chi connectivity index (χ3n) is 3.97. The average Bonchev–Trinajstić information content (AvgIpc) is 2.60. The third kappa shape index (κ3) is 2.96. The summed E-state index contributed by atoms with van der Waals surface area (Å²) in [5.41, 5.74) is 1.53. The van der Waals surface area contributed by atoms with Crippen LogP contribution in [0.2, 0.25) is 0 Å². The van der Waals surface area contributed by atoms with Crippen molar-refractivity contribution in [3.05, 3.63) is 81.6 Å². The molecule has 0 aliphatic carbocycles. The number of aromatic carboxylic acids is 1. The van der Waals surface area contributed by atoms with Crippen LogP contribution in [0, 0.1) is 0 Å². The number of pyridine rings is 1. The van der Waals surface area contributed by atoms with Gasteiger partial charge < -0.3 is 9.67 Å². The van der Waals surface area contributed by atoms with E-state index in [2.05, 4.69) is 0 Å². The summed E-state index contributed by atoms with van der Waals surface area (Å²) >= 11 is 0. The molecule has 0 aliphatic rings. The Kier molecular flexibility index (Phi) is 4.24. The van der Waals surface area contributed by atoms with Crippen molar-refractivity contribution in [2.75, 3.05) is 0 Å². The van der Waals surface area contributed by atoms with E-state index in [1.807, 2.05) is 18.2 Å². The van der Waals surface area contributed by atoms with Crippen LogP contribution in [0.15, 0.2) is 59.4 Å². The van der Waals surface area contributed by atoms with Gasteiger partial charge in [0.2, 0.25) is 0 Å². The Morgan fingerprint density at radius 2 is 1.79 bits per heavy atom. The Bertz CT molecular complexity index is 971. The predicted molar refractivity (Wildman–Crippen MR) is 90.7 cm³/mol. The van der Waals surface area contributed by atoms with Gasteiger partial charge in [-0.1, -0.05) is 42.5 Å². The zero-order chi connectivity index (χ0) is 17.1. The topological polar surface area (TPSA) is 76.4 Å². The van der Waals surface area contributed by atoms with Gasteiger partial charge in [0, 0.05) is 12.1 Å². The van der Waals surface area contributed by atoms with Gasteiger partial charge in [0.25, 0.3) is 5.56 Å². The molecule has 3 aromatic rings. The van der Waals surface area contributed by atoms with E-state index in [-0.39, 0.29) is 5.56 Å². The summed E-state index contributed by atoms with van der Waals surface area (Å²) in [6.45, 7) is 0.362. The summed E-state index contributed by atoms with van der Waals surface area (Å²) in [5, 5.41) is 9.96. The zero-order valence-corrected chi connectivity index (χ0v) is 12.8. The van der Waals surface area contributed by atoms with Crippen molar-refractivity contribution < 1.29 is 14.7 Å². The number of aromatic nitrogens is 1. The van der Waals surface area contributed by atoms with Crippen LogP contribution in [0.1, 0.15) is 26.3 Å². The van der Waals surface area contributed by atoms with E-state index >= 15 is 0 Å². The fraction of sp³-hybridized carbons (Fsp3) is 0.105. The number of aryl methyl sites for hydroxylation is 2. The standard InChI is InChI=1S/C19H15NO4/c21-12-14-7-5-13(6-8-14)9-10-20-17-4-2-1-3-15(17)11-16(18(20)22)19(23)24/h1-8,11-12H,9-10H2,(H,23,24). The van der Waals surface area contributed by atoms with Crippen molar-refractivity contribution in [2.45, 2.75) is 13.0 Å². The molecule has 0 aliphatic heterocycles. The molecule has 1 heterocycles. The maximum absolute atomic E-state index is 12.5. The number of hydrogen-bond donors (Lipinski definition) is 1. The summed E-state index contributed by atoms with van der Waals surface area (Å²) < 4.78 is 1.49. The van der Waals surface area contributed by atoms with E-state index < -0.39 is 11.5 Å². The molecule has 0 spiro atoms. The van der Waals surface area contributed by atoms with Crippen LogP contribution < -0.4 is 5.56 Å². The molecule has 5 nitrogen and oxygen atoms in total. The largest absolute Gasteiger partial charge is 0.477 e. The highest BCUT2D eigenvalue weighted by molar-refractivity contribution is 5.92. The van der Waals surface area contributed by atoms with Crippen LogP contribution in [0.3, 0.4) is 0 Å². The monoisotopic (exact) mass is 321 g/mol. The third-order valence-corrected chi connectivity index (χ3v) is 3.97. The molecule has 1 aromatic heterocycles. The smallest absolute Gasteiger partial charge is 0.341 e. The van der Waals surface area contributed by atoms with Crippen LogP contribution in [0.25, 0.3) is 10.9 Å². The molecule has 0 bridgehead atoms. The molecule has 1 N–H and O–H groups in total. The number of fused-ring (bicyclic) bond motifs is 1. The SMILES string of the molecule is O=Cc1ccc(CCn2c(=O)c(C(=O)O)cc3ccccc32)cc1. The first-order chi connectivity index (χ1) is 11.6. The lowest BCUT2D eigenvalue weighted by molar-refractivity contribution is 0.0694. The number of hydrogen-bond acceptors (Lipinski definition) is 3. The lowest BCUT2D eigenvalue weighted by Gasteiger charge is -2.12. The second-order valence-corrected chi connectivity index (χ2v) is 5.49. The van der Waals surface area contributed by atoms with Crippen molar-refractivity contribution in [3.8, 4) is 0 Å². The van der Waals surface area contributed by atoms with Crippen molar-refractivity contribution in [1.82, 2.24) is 4.57 Å². The lowest BCUT2D eigenvalue weighted by Crippen LogP contribution is -2.27. The molecule has 5 heteroatoms. The molecule has 0 atom stereocenters. The van der Waals surface area contributed by atoms with Crippen LogP contribution in [0.5, 0.6) is 0 Å². The van der Waals surface area contributed by atoms with E-state index in [0.717, 1.165) is 11.8 Å². The minimum Gasteiger partial charge on any atom is -0.477 e. The number of carbonyl (C=O) groups excluding carboxylic acids is 1. The molecule has 0 fully saturated rings. The lowest BCUT2D eigenvalue weighted by atomic mass is 10.1. The summed E-state index contributed by atoms with van der Waals surface area (Å²) in [7, 11) is 0. The van der Waals surface area contributed by atoms with Gasteiger partial charge in [-0.05, 0) is 29.5 Å². The Hall–Kier alpha value is -3.21. The second-order valence-electron chi connectivity index (χ2n) is 5.49. The molecule has 2 aromatic carbocycles. The van der Waals surface area contributed by atoms with Crippen molar-refractivity contribution in [1.29, 1.82) is 0 Å². The van der Waals surface area contributed by atoms with Crippen LogP contribution in [-0.2, 0) is 13.0 Å². The van der Waals surface area contributed by atoms with Gasteiger partial charge in [-0.2, -0.15) is 0 Å². The van der Waals surface area contributed by atoms with E-state index in [1.54, 1.807) is 30.3 Å². The van der Waals surface area contributed by atoms with Crippen molar-refractivity contribution in [2.24, 2.45) is 0 Å². The van der Waals surface area contributed by atoms with Crippen LogP contribution >= 0.6 is 0 Å². The minimum atomic E-state index is -1.23. The molecule has 0 saturated heterocycles. The minimum absolute atomic E-state index is 0.231. The number of carboxylic acids is 1. The predicted octanol–water partition coefficient (Wildman–Crippen LogP) is 2.75. The number of benzene rings is 2. The Labute approximate surface area is 137 Å². The summed E-state index contributed by atoms with van der Waals surface area (Å²) in [6.07, 6.45) is 1.34. The quantitative estimate of drug-likeness (QED) is 0.733.